The number of rotatable bonds is 4. The van der Waals surface area contributed by atoms with E-state index >= 15 is 0 Å². The van der Waals surface area contributed by atoms with E-state index in [0.29, 0.717) is 0 Å². The van der Waals surface area contributed by atoms with Crippen LogP contribution in [-0.2, 0) is 10.8 Å². The number of aliphatic carboxylic acids is 1. The van der Waals surface area contributed by atoms with E-state index in [2.05, 4.69) is 0 Å². The normalized spacial score (nSPS) is 25.8. The van der Waals surface area contributed by atoms with Crippen molar-refractivity contribution < 1.29 is 47.7 Å². The first-order chi connectivity index (χ1) is 6.57. The molecule has 10 nitrogen and oxygen atoms in total. The van der Waals surface area contributed by atoms with Crippen LogP contribution in [0, 0.1) is 0 Å². The third-order valence-electron chi connectivity index (χ3n) is 1.78. The third kappa shape index (κ3) is 5.42. The van der Waals surface area contributed by atoms with Gasteiger partial charge in [0.1, 0.15) is 0 Å². The summed E-state index contributed by atoms with van der Waals surface area (Å²) < 4.78 is 9.92. The van der Waals surface area contributed by atoms with Gasteiger partial charge in [-0.2, -0.15) is 0 Å². The van der Waals surface area contributed by atoms with Crippen molar-refractivity contribution in [2.24, 2.45) is 0 Å². The summed E-state index contributed by atoms with van der Waals surface area (Å²) in [5, 5.41) is 35.5. The molecule has 0 amide bonds. The molecule has 1 aliphatic heterocycles. The van der Waals surface area contributed by atoms with E-state index in [9.17, 15) is 9.90 Å². The van der Waals surface area contributed by atoms with E-state index in [1.807, 2.05) is 0 Å². The molecule has 1 saturated heterocycles. The van der Waals surface area contributed by atoms with Crippen molar-refractivity contribution in [1.82, 2.24) is 0 Å². The number of hydrogen-bond acceptors (Lipinski definition) is 6. The SMILES string of the molecule is O.O.O.O=C(O)C(O)C1[O][Sb][O]C1C(O)CO. The molecule has 0 aromatic carbocycles. The van der Waals surface area contributed by atoms with E-state index in [0.717, 1.165) is 0 Å². The van der Waals surface area contributed by atoms with E-state index in [4.69, 9.17) is 21.4 Å². The minimum absolute atomic E-state index is 0. The molecule has 1 radical (unpaired) electrons. The summed E-state index contributed by atoms with van der Waals surface area (Å²) in [7, 11) is 0. The Morgan fingerprint density at radius 3 is 2.06 bits per heavy atom. The van der Waals surface area contributed by atoms with Crippen molar-refractivity contribution in [3.63, 3.8) is 0 Å². The summed E-state index contributed by atoms with van der Waals surface area (Å²) in [6.45, 7) is -0.562. The molecule has 1 fully saturated rings. The standard InChI is InChI=1S/C6H10O7.3H2O.Sb/c7-1-2(8)3(9)4(10)5(11)6(12)13;;;;/h2-5,7-8,11H,1H2,(H,12,13);3*1H2;/q-2;;;;+2. The van der Waals surface area contributed by atoms with E-state index in [-0.39, 0.29) is 16.4 Å². The summed E-state index contributed by atoms with van der Waals surface area (Å²) in [5.74, 6) is -1.44. The van der Waals surface area contributed by atoms with Crippen LogP contribution >= 0.6 is 0 Å². The molecular formula is C6H16O10Sb. The Labute approximate surface area is 107 Å². The first-order valence-corrected chi connectivity index (χ1v) is 5.88. The van der Waals surface area contributed by atoms with Gasteiger partial charge in [-0.25, -0.2) is 0 Å². The fourth-order valence-electron chi connectivity index (χ4n) is 1.02. The summed E-state index contributed by atoms with van der Waals surface area (Å²) >= 11 is -1.47. The fraction of sp³-hybridized carbons (Fsp3) is 0.833. The van der Waals surface area contributed by atoms with Crippen LogP contribution in [0.5, 0.6) is 0 Å². The van der Waals surface area contributed by atoms with Gasteiger partial charge in [0.15, 0.2) is 0 Å². The minimum atomic E-state index is -1.74. The van der Waals surface area contributed by atoms with Crippen molar-refractivity contribution in [2.75, 3.05) is 6.61 Å². The zero-order valence-corrected chi connectivity index (χ0v) is 11.0. The van der Waals surface area contributed by atoms with Crippen molar-refractivity contribution in [1.29, 1.82) is 0 Å². The van der Waals surface area contributed by atoms with Gasteiger partial charge in [-0.15, -0.1) is 0 Å². The molecule has 105 valence electrons. The zero-order valence-electron chi connectivity index (χ0n) is 8.48. The summed E-state index contributed by atoms with van der Waals surface area (Å²) in [4.78, 5) is 10.4. The predicted octanol–water partition coefficient (Wildman–Crippen LogP) is -5.37. The molecule has 1 aliphatic rings. The summed E-state index contributed by atoms with van der Waals surface area (Å²) in [6.07, 6.45) is -5.01. The van der Waals surface area contributed by atoms with E-state index in [1.165, 1.54) is 0 Å². The van der Waals surface area contributed by atoms with Gasteiger partial charge >= 0.3 is 90.7 Å². The monoisotopic (exact) mass is 369 g/mol. The molecule has 1 rings (SSSR count). The maximum atomic E-state index is 10.4. The molecule has 11 heteroatoms. The molecule has 0 aromatic rings. The second-order valence-electron chi connectivity index (χ2n) is 2.75. The second kappa shape index (κ2) is 9.94. The Balaban J connectivity index is -0.000000653. The van der Waals surface area contributed by atoms with Gasteiger partial charge in [-0.1, -0.05) is 0 Å². The predicted molar refractivity (Wildman–Crippen MR) is 53.1 cm³/mol. The van der Waals surface area contributed by atoms with Gasteiger partial charge < -0.3 is 16.4 Å². The van der Waals surface area contributed by atoms with Crippen molar-refractivity contribution >= 4 is 28.4 Å². The Kier molecular flexibility index (Phi) is 13.0. The molecule has 0 saturated carbocycles. The van der Waals surface area contributed by atoms with Crippen LogP contribution in [0.2, 0.25) is 0 Å². The number of aliphatic hydroxyl groups is 3. The number of carboxylic acid groups (broad SMARTS) is 1. The Morgan fingerprint density at radius 2 is 1.65 bits per heavy atom. The molecule has 0 aliphatic carbocycles. The molecule has 17 heavy (non-hydrogen) atoms. The molecule has 1 heterocycles. The van der Waals surface area contributed by atoms with Crippen LogP contribution in [0.25, 0.3) is 0 Å². The van der Waals surface area contributed by atoms with E-state index < -0.39 is 59.4 Å². The number of hydrogen-bond donors (Lipinski definition) is 4. The van der Waals surface area contributed by atoms with Crippen LogP contribution in [0.3, 0.4) is 0 Å². The van der Waals surface area contributed by atoms with Gasteiger partial charge in [0.05, 0.1) is 0 Å². The van der Waals surface area contributed by atoms with Crippen LogP contribution in [0.1, 0.15) is 0 Å². The molecule has 0 spiro atoms. The summed E-state index contributed by atoms with van der Waals surface area (Å²) in [6, 6.07) is 0. The molecule has 4 atom stereocenters. The van der Waals surface area contributed by atoms with Crippen LogP contribution in [0.15, 0.2) is 0 Å². The molecule has 10 N–H and O–H groups in total. The molecule has 4 unspecified atom stereocenters. The average molecular weight is 370 g/mol. The average Bonchev–Trinajstić information content (AvgIpc) is 2.63. The van der Waals surface area contributed by atoms with Gasteiger partial charge in [0.25, 0.3) is 0 Å². The maximum absolute atomic E-state index is 10.4. The molecule has 0 bridgehead atoms. The number of carboxylic acids is 1. The Hall–Kier alpha value is -0.0318. The number of aliphatic hydroxyl groups excluding tert-OH is 3. The Bertz CT molecular complexity index is 213. The van der Waals surface area contributed by atoms with Crippen molar-refractivity contribution in [2.45, 2.75) is 24.4 Å². The first-order valence-electron chi connectivity index (χ1n) is 3.79. The van der Waals surface area contributed by atoms with Gasteiger partial charge in [0.2, 0.25) is 0 Å². The van der Waals surface area contributed by atoms with E-state index in [1.54, 1.807) is 0 Å². The fourth-order valence-corrected chi connectivity index (χ4v) is 3.14. The van der Waals surface area contributed by atoms with Gasteiger partial charge in [0, 0.05) is 0 Å². The topological polar surface area (TPSA) is 211 Å². The third-order valence-corrected chi connectivity index (χ3v) is 3.66. The zero-order chi connectivity index (χ0) is 10.7. The number of carbonyl (C=O) groups is 1. The van der Waals surface area contributed by atoms with Crippen LogP contribution < -0.4 is 0 Å². The summed E-state index contributed by atoms with van der Waals surface area (Å²) in [5.41, 5.74) is 0. The van der Waals surface area contributed by atoms with Gasteiger partial charge in [-0.05, 0) is 0 Å². The molecular weight excluding hydrogens is 354 g/mol. The van der Waals surface area contributed by atoms with Gasteiger partial charge in [-0.3, -0.25) is 0 Å². The molecule has 0 aromatic heterocycles. The van der Waals surface area contributed by atoms with Crippen molar-refractivity contribution in [3.05, 3.63) is 0 Å². The Morgan fingerprint density at radius 1 is 1.18 bits per heavy atom. The quantitative estimate of drug-likeness (QED) is 0.352. The first kappa shape index (κ1) is 22.2. The van der Waals surface area contributed by atoms with Crippen LogP contribution in [0.4, 0.5) is 0 Å². The second-order valence-corrected chi connectivity index (χ2v) is 4.38. The van der Waals surface area contributed by atoms with Crippen LogP contribution in [-0.4, -0.2) is 96.3 Å². The van der Waals surface area contributed by atoms with Crippen molar-refractivity contribution in [3.8, 4) is 0 Å².